The van der Waals surface area contributed by atoms with Crippen LogP contribution in [0.25, 0.3) is 0 Å². The molecule has 1 aliphatic heterocycles. The first-order valence-corrected chi connectivity index (χ1v) is 6.47. The number of aromatic nitrogens is 2. The summed E-state index contributed by atoms with van der Waals surface area (Å²) in [5.74, 6) is 0.0241. The highest BCUT2D eigenvalue weighted by Gasteiger charge is 2.32. The van der Waals surface area contributed by atoms with Crippen molar-refractivity contribution in [2.75, 3.05) is 13.1 Å². The number of aryl methyl sites for hydroxylation is 1. The normalized spacial score (nSPS) is 19.0. The first-order chi connectivity index (χ1) is 8.38. The lowest BCUT2D eigenvalue weighted by atomic mass is 10.0. The van der Waals surface area contributed by atoms with Crippen LogP contribution in [0.1, 0.15) is 38.3 Å². The van der Waals surface area contributed by atoms with Gasteiger partial charge in [0.15, 0.2) is 0 Å². The van der Waals surface area contributed by atoms with Gasteiger partial charge >= 0.3 is 0 Å². The summed E-state index contributed by atoms with van der Waals surface area (Å²) in [6.07, 6.45) is 5.96. The molecule has 116 valence electrons. The van der Waals surface area contributed by atoms with E-state index in [-0.39, 0.29) is 36.8 Å². The van der Waals surface area contributed by atoms with Crippen molar-refractivity contribution in [2.45, 2.75) is 45.2 Å². The lowest BCUT2D eigenvalue weighted by Crippen LogP contribution is -2.53. The molecule has 1 fully saturated rings. The van der Waals surface area contributed by atoms with E-state index >= 15 is 0 Å². The van der Waals surface area contributed by atoms with E-state index < -0.39 is 5.54 Å². The number of rotatable bonds is 2. The van der Waals surface area contributed by atoms with Crippen LogP contribution < -0.4 is 5.73 Å². The number of likely N-dealkylation sites (tertiary alicyclic amines) is 1. The van der Waals surface area contributed by atoms with Crippen LogP contribution >= 0.6 is 24.8 Å². The van der Waals surface area contributed by atoms with Gasteiger partial charge in [0.1, 0.15) is 0 Å². The molecule has 5 nitrogen and oxygen atoms in total. The fourth-order valence-corrected chi connectivity index (χ4v) is 2.40. The van der Waals surface area contributed by atoms with Crippen molar-refractivity contribution in [3.8, 4) is 0 Å². The van der Waals surface area contributed by atoms with Gasteiger partial charge in [-0.1, -0.05) is 0 Å². The third-order valence-corrected chi connectivity index (χ3v) is 3.34. The molecule has 1 aliphatic rings. The molecule has 7 heteroatoms. The first kappa shape index (κ1) is 19.2. The minimum absolute atomic E-state index is 0. The average Bonchev–Trinajstić information content (AvgIpc) is 2.74. The van der Waals surface area contributed by atoms with E-state index in [0.717, 1.165) is 24.9 Å². The molecule has 1 saturated heterocycles. The number of carbonyl (C=O) groups excluding carboxylic acids is 1. The highest BCUT2D eigenvalue weighted by molar-refractivity contribution is 5.86. The number of carbonyl (C=O) groups is 1. The third kappa shape index (κ3) is 4.36. The number of hydrogen-bond acceptors (Lipinski definition) is 3. The van der Waals surface area contributed by atoms with E-state index in [9.17, 15) is 4.79 Å². The van der Waals surface area contributed by atoms with E-state index in [1.807, 2.05) is 28.9 Å². The van der Waals surface area contributed by atoms with Crippen LogP contribution in [0.15, 0.2) is 12.4 Å². The van der Waals surface area contributed by atoms with Crippen LogP contribution in [0.5, 0.6) is 0 Å². The predicted octanol–water partition coefficient (Wildman–Crippen LogP) is 1.94. The van der Waals surface area contributed by atoms with E-state index in [2.05, 4.69) is 5.10 Å². The lowest BCUT2D eigenvalue weighted by molar-refractivity contribution is -0.137. The molecule has 2 heterocycles. The molecule has 1 atom stereocenters. The number of amides is 1. The number of halogens is 2. The summed E-state index contributed by atoms with van der Waals surface area (Å²) in [4.78, 5) is 14.0. The first-order valence-electron chi connectivity index (χ1n) is 6.47. The number of nitrogens with zero attached hydrogens (tertiary/aromatic N) is 3. The summed E-state index contributed by atoms with van der Waals surface area (Å²) < 4.78 is 1.97. The smallest absolute Gasteiger partial charge is 0.242 e. The molecule has 1 aromatic rings. The molecule has 1 aromatic heterocycles. The molecule has 1 unspecified atom stereocenters. The Morgan fingerprint density at radius 1 is 1.45 bits per heavy atom. The molecule has 0 aliphatic carbocycles. The van der Waals surface area contributed by atoms with Gasteiger partial charge in [0.05, 0.1) is 17.8 Å². The Hall–Kier alpha value is -0.780. The largest absolute Gasteiger partial charge is 0.339 e. The third-order valence-electron chi connectivity index (χ3n) is 3.34. The van der Waals surface area contributed by atoms with Crippen molar-refractivity contribution in [1.82, 2.24) is 14.7 Å². The van der Waals surface area contributed by atoms with Gasteiger partial charge in [0.2, 0.25) is 5.91 Å². The zero-order valence-electron chi connectivity index (χ0n) is 12.2. The van der Waals surface area contributed by atoms with E-state index in [1.165, 1.54) is 0 Å². The highest BCUT2D eigenvalue weighted by atomic mass is 35.5. The second-order valence-electron chi connectivity index (χ2n) is 5.77. The number of piperidine rings is 1. The molecule has 0 radical (unpaired) electrons. The fraction of sp³-hybridized carbons (Fsp3) is 0.692. The summed E-state index contributed by atoms with van der Waals surface area (Å²) >= 11 is 0. The Bertz CT molecular complexity index is 442. The van der Waals surface area contributed by atoms with Crippen molar-refractivity contribution in [3.05, 3.63) is 18.0 Å². The van der Waals surface area contributed by atoms with Gasteiger partial charge in [-0.3, -0.25) is 9.48 Å². The predicted molar refractivity (Wildman–Crippen MR) is 84.6 cm³/mol. The van der Waals surface area contributed by atoms with E-state index in [0.29, 0.717) is 6.54 Å². The summed E-state index contributed by atoms with van der Waals surface area (Å²) in [7, 11) is 0. The van der Waals surface area contributed by atoms with Crippen molar-refractivity contribution < 1.29 is 4.79 Å². The minimum Gasteiger partial charge on any atom is -0.339 e. The Kier molecular flexibility index (Phi) is 7.01. The highest BCUT2D eigenvalue weighted by Crippen LogP contribution is 2.22. The topological polar surface area (TPSA) is 64.2 Å². The molecular formula is C13H24Cl2N4O. The van der Waals surface area contributed by atoms with Gasteiger partial charge in [-0.05, 0) is 39.2 Å². The molecule has 0 spiro atoms. The van der Waals surface area contributed by atoms with E-state index in [4.69, 9.17) is 5.73 Å². The molecule has 0 aromatic carbocycles. The maximum absolute atomic E-state index is 12.2. The fourth-order valence-electron chi connectivity index (χ4n) is 2.40. The summed E-state index contributed by atoms with van der Waals surface area (Å²) in [5, 5.41) is 4.34. The van der Waals surface area contributed by atoms with Crippen LogP contribution in [0.4, 0.5) is 0 Å². The molecule has 2 rings (SSSR count). The van der Waals surface area contributed by atoms with Gasteiger partial charge in [0, 0.05) is 19.3 Å². The summed E-state index contributed by atoms with van der Waals surface area (Å²) in [5.41, 5.74) is 6.25. The minimum atomic E-state index is -0.790. The molecule has 0 saturated carbocycles. The zero-order chi connectivity index (χ0) is 13.3. The van der Waals surface area contributed by atoms with Crippen LogP contribution in [0.2, 0.25) is 0 Å². The standard InChI is InChI=1S/C13H22N4O.2ClH/c1-10-7-15-17(8-10)11-5-4-6-16(9-11)12(18)13(2,3)14;;/h7-8,11H,4-6,9,14H2,1-3H3;2*1H. The van der Waals surface area contributed by atoms with Crippen molar-refractivity contribution >= 4 is 30.7 Å². The second-order valence-corrected chi connectivity index (χ2v) is 5.77. The maximum Gasteiger partial charge on any atom is 0.242 e. The van der Waals surface area contributed by atoms with Crippen molar-refractivity contribution in [3.63, 3.8) is 0 Å². The monoisotopic (exact) mass is 322 g/mol. The Morgan fingerprint density at radius 2 is 2.10 bits per heavy atom. The quantitative estimate of drug-likeness (QED) is 0.904. The van der Waals surface area contributed by atoms with Crippen LogP contribution in [0.3, 0.4) is 0 Å². The second kappa shape index (κ2) is 7.29. The Balaban J connectivity index is 0.00000180. The van der Waals surface area contributed by atoms with Gasteiger partial charge in [-0.2, -0.15) is 5.10 Å². The molecule has 1 amide bonds. The van der Waals surface area contributed by atoms with Crippen LogP contribution in [0, 0.1) is 6.92 Å². The van der Waals surface area contributed by atoms with Gasteiger partial charge in [-0.25, -0.2) is 0 Å². The number of hydrogen-bond donors (Lipinski definition) is 1. The average molecular weight is 323 g/mol. The zero-order valence-corrected chi connectivity index (χ0v) is 13.8. The van der Waals surface area contributed by atoms with Gasteiger partial charge < -0.3 is 10.6 Å². The summed E-state index contributed by atoms with van der Waals surface area (Å²) in [6, 6.07) is 0.277. The van der Waals surface area contributed by atoms with Crippen LogP contribution in [-0.2, 0) is 4.79 Å². The Morgan fingerprint density at radius 3 is 2.60 bits per heavy atom. The molecule has 2 N–H and O–H groups in total. The maximum atomic E-state index is 12.2. The van der Waals surface area contributed by atoms with Crippen LogP contribution in [-0.4, -0.2) is 39.2 Å². The van der Waals surface area contributed by atoms with Gasteiger partial charge in [0.25, 0.3) is 0 Å². The lowest BCUT2D eigenvalue weighted by Gasteiger charge is -2.36. The van der Waals surface area contributed by atoms with E-state index in [1.54, 1.807) is 13.8 Å². The van der Waals surface area contributed by atoms with Crippen molar-refractivity contribution in [2.24, 2.45) is 5.73 Å². The molecule has 20 heavy (non-hydrogen) atoms. The SMILES string of the molecule is Cc1cnn(C2CCCN(C(=O)C(C)(C)N)C2)c1.Cl.Cl. The summed E-state index contributed by atoms with van der Waals surface area (Å²) in [6.45, 7) is 7.06. The molecule has 0 bridgehead atoms. The molecular weight excluding hydrogens is 299 g/mol. The van der Waals surface area contributed by atoms with Crippen molar-refractivity contribution in [1.29, 1.82) is 0 Å². The number of nitrogens with two attached hydrogens (primary N) is 1. The Labute approximate surface area is 132 Å². The van der Waals surface area contributed by atoms with Gasteiger partial charge in [-0.15, -0.1) is 24.8 Å².